The maximum absolute atomic E-state index is 3.92. The third-order valence-electron chi connectivity index (χ3n) is 4.46. The molecule has 1 atom stereocenters. The van der Waals surface area contributed by atoms with E-state index in [1.165, 1.54) is 45.2 Å². The topological polar surface area (TPSA) is 15.3 Å². The van der Waals surface area contributed by atoms with Crippen LogP contribution in [0.2, 0.25) is 0 Å². The van der Waals surface area contributed by atoms with Crippen molar-refractivity contribution in [1.29, 1.82) is 0 Å². The maximum Gasteiger partial charge on any atom is 0.0333 e. The molecule has 0 saturated carbocycles. The molecule has 104 valence electrons. The van der Waals surface area contributed by atoms with Crippen LogP contribution < -0.4 is 5.32 Å². The molecule has 1 aromatic heterocycles. The minimum Gasteiger partial charge on any atom is -0.307 e. The molecule has 1 aromatic rings. The Morgan fingerprint density at radius 2 is 2.21 bits per heavy atom. The van der Waals surface area contributed by atoms with Crippen molar-refractivity contribution in [3.63, 3.8) is 0 Å². The number of hydrogen-bond acceptors (Lipinski definition) is 3. The van der Waals surface area contributed by atoms with Gasteiger partial charge in [-0.1, -0.05) is 6.08 Å². The van der Waals surface area contributed by atoms with Gasteiger partial charge < -0.3 is 5.32 Å². The highest BCUT2D eigenvalue weighted by Crippen LogP contribution is 2.34. The van der Waals surface area contributed by atoms with Gasteiger partial charge in [-0.25, -0.2) is 0 Å². The fourth-order valence-electron chi connectivity index (χ4n) is 3.41. The summed E-state index contributed by atoms with van der Waals surface area (Å²) in [5.41, 5.74) is 1.59. The molecule has 2 nitrogen and oxygen atoms in total. The third-order valence-corrected chi connectivity index (χ3v) is 5.46. The molecule has 0 aromatic carbocycles. The molecule has 1 aliphatic heterocycles. The molecule has 0 amide bonds. The Morgan fingerprint density at radius 1 is 1.37 bits per heavy atom. The average Bonchev–Trinajstić information content (AvgIpc) is 2.91. The minimum atomic E-state index is 0.617. The molecule has 0 radical (unpaired) electrons. The lowest BCUT2D eigenvalue weighted by atomic mass is 9.92. The van der Waals surface area contributed by atoms with E-state index in [4.69, 9.17) is 0 Å². The van der Waals surface area contributed by atoms with Gasteiger partial charge in [-0.15, -0.1) is 17.9 Å². The van der Waals surface area contributed by atoms with Crippen LogP contribution in [-0.4, -0.2) is 30.6 Å². The van der Waals surface area contributed by atoms with Crippen molar-refractivity contribution in [2.45, 2.75) is 44.2 Å². The number of rotatable bonds is 4. The van der Waals surface area contributed by atoms with Gasteiger partial charge in [0, 0.05) is 23.5 Å². The lowest BCUT2D eigenvalue weighted by molar-refractivity contribution is 0.204. The van der Waals surface area contributed by atoms with Gasteiger partial charge in [0.2, 0.25) is 0 Å². The van der Waals surface area contributed by atoms with Crippen LogP contribution in [0.4, 0.5) is 0 Å². The first kappa shape index (κ1) is 13.3. The van der Waals surface area contributed by atoms with E-state index in [0.29, 0.717) is 12.1 Å². The number of fused-ring (bicyclic) bond motifs is 1. The van der Waals surface area contributed by atoms with Crippen LogP contribution in [0.3, 0.4) is 0 Å². The van der Waals surface area contributed by atoms with Crippen LogP contribution in [-0.2, 0) is 6.42 Å². The molecule has 1 aliphatic carbocycles. The Balaban J connectivity index is 1.55. The van der Waals surface area contributed by atoms with E-state index >= 15 is 0 Å². The summed E-state index contributed by atoms with van der Waals surface area (Å²) in [7, 11) is 0. The number of thiophene rings is 1. The quantitative estimate of drug-likeness (QED) is 0.848. The van der Waals surface area contributed by atoms with E-state index < -0.39 is 0 Å². The van der Waals surface area contributed by atoms with E-state index in [9.17, 15) is 0 Å². The highest BCUT2D eigenvalue weighted by atomic mass is 32.1. The van der Waals surface area contributed by atoms with Gasteiger partial charge in [0.05, 0.1) is 0 Å². The zero-order valence-electron chi connectivity index (χ0n) is 11.6. The van der Waals surface area contributed by atoms with E-state index in [2.05, 4.69) is 28.2 Å². The molecule has 2 heterocycles. The average molecular weight is 276 g/mol. The highest BCUT2D eigenvalue weighted by Gasteiger charge is 2.25. The monoisotopic (exact) mass is 276 g/mol. The predicted molar refractivity (Wildman–Crippen MR) is 82.8 cm³/mol. The van der Waals surface area contributed by atoms with E-state index in [1.807, 2.05) is 17.4 Å². The first-order valence-corrected chi connectivity index (χ1v) is 8.40. The lowest BCUT2D eigenvalue weighted by Crippen LogP contribution is -2.44. The fourth-order valence-corrected chi connectivity index (χ4v) is 4.40. The lowest BCUT2D eigenvalue weighted by Gasteiger charge is -2.35. The van der Waals surface area contributed by atoms with E-state index in [0.717, 1.165) is 6.54 Å². The van der Waals surface area contributed by atoms with Crippen molar-refractivity contribution >= 4 is 11.3 Å². The molecule has 3 heteroatoms. The van der Waals surface area contributed by atoms with Crippen LogP contribution in [0.15, 0.2) is 24.1 Å². The molecule has 0 spiro atoms. The second kappa shape index (κ2) is 6.21. The molecular formula is C16H24N2S. The van der Waals surface area contributed by atoms with Crippen molar-refractivity contribution in [2.75, 3.05) is 19.6 Å². The standard InChI is InChI=1S/C16H24N2S/c1-2-9-18-10-6-13(7-11-18)17-15-4-3-5-16-14(15)8-12-19-16/h2,8,12-13,15,17H,1,3-7,9-11H2/t15-/m1/s1. The van der Waals surface area contributed by atoms with Crippen LogP contribution in [0.1, 0.15) is 42.2 Å². The summed E-state index contributed by atoms with van der Waals surface area (Å²) < 4.78 is 0. The summed E-state index contributed by atoms with van der Waals surface area (Å²) in [5, 5.41) is 6.18. The Morgan fingerprint density at radius 3 is 3.00 bits per heavy atom. The summed E-state index contributed by atoms with van der Waals surface area (Å²) in [4.78, 5) is 4.12. The van der Waals surface area contributed by atoms with Gasteiger partial charge in [-0.3, -0.25) is 4.90 Å². The van der Waals surface area contributed by atoms with Crippen LogP contribution >= 0.6 is 11.3 Å². The van der Waals surface area contributed by atoms with Gasteiger partial charge in [0.25, 0.3) is 0 Å². The van der Waals surface area contributed by atoms with Crippen molar-refractivity contribution in [2.24, 2.45) is 0 Å². The minimum absolute atomic E-state index is 0.617. The molecule has 0 bridgehead atoms. The zero-order chi connectivity index (χ0) is 13.1. The summed E-state index contributed by atoms with van der Waals surface area (Å²) in [5.74, 6) is 0. The van der Waals surface area contributed by atoms with E-state index in [-0.39, 0.29) is 0 Å². The van der Waals surface area contributed by atoms with Gasteiger partial charge in [0.15, 0.2) is 0 Å². The molecule has 1 N–H and O–H groups in total. The molecular weight excluding hydrogens is 252 g/mol. The van der Waals surface area contributed by atoms with Gasteiger partial charge >= 0.3 is 0 Å². The fraction of sp³-hybridized carbons (Fsp3) is 0.625. The summed E-state index contributed by atoms with van der Waals surface area (Å²) in [6.07, 6.45) is 8.54. The molecule has 19 heavy (non-hydrogen) atoms. The van der Waals surface area contributed by atoms with E-state index in [1.54, 1.807) is 10.4 Å². The third kappa shape index (κ3) is 3.10. The molecule has 3 rings (SSSR count). The molecule has 1 fully saturated rings. The van der Waals surface area contributed by atoms with Crippen LogP contribution in [0.5, 0.6) is 0 Å². The summed E-state index contributed by atoms with van der Waals surface area (Å²) in [6, 6.07) is 3.66. The Kier molecular flexibility index (Phi) is 4.36. The summed E-state index contributed by atoms with van der Waals surface area (Å²) in [6.45, 7) is 7.31. The van der Waals surface area contributed by atoms with Crippen molar-refractivity contribution in [3.8, 4) is 0 Å². The van der Waals surface area contributed by atoms with Gasteiger partial charge in [-0.2, -0.15) is 0 Å². The Bertz CT molecular complexity index is 418. The SMILES string of the molecule is C=CCN1CCC(N[C@@H]2CCCc3sccc32)CC1. The van der Waals surface area contributed by atoms with Crippen LogP contribution in [0.25, 0.3) is 0 Å². The number of nitrogens with one attached hydrogen (secondary N) is 1. The van der Waals surface area contributed by atoms with Crippen molar-refractivity contribution in [3.05, 3.63) is 34.5 Å². The molecule has 1 saturated heterocycles. The highest BCUT2D eigenvalue weighted by molar-refractivity contribution is 7.10. The Hall–Kier alpha value is -0.640. The maximum atomic E-state index is 3.92. The molecule has 0 unspecified atom stereocenters. The van der Waals surface area contributed by atoms with Crippen molar-refractivity contribution in [1.82, 2.24) is 10.2 Å². The number of likely N-dealkylation sites (tertiary alicyclic amines) is 1. The number of aryl methyl sites for hydroxylation is 1. The van der Waals surface area contributed by atoms with Crippen molar-refractivity contribution < 1.29 is 0 Å². The first-order chi connectivity index (χ1) is 9.36. The number of piperidine rings is 1. The van der Waals surface area contributed by atoms with Gasteiger partial charge in [-0.05, 0) is 62.2 Å². The second-order valence-electron chi connectivity index (χ2n) is 5.77. The van der Waals surface area contributed by atoms with Gasteiger partial charge in [0.1, 0.15) is 0 Å². The molecule has 2 aliphatic rings. The smallest absolute Gasteiger partial charge is 0.0333 e. The number of nitrogens with zero attached hydrogens (tertiary/aromatic N) is 1. The normalized spacial score (nSPS) is 25.2. The Labute approximate surface area is 120 Å². The number of hydrogen-bond donors (Lipinski definition) is 1. The zero-order valence-corrected chi connectivity index (χ0v) is 12.4. The summed E-state index contributed by atoms with van der Waals surface area (Å²) >= 11 is 1.94. The van der Waals surface area contributed by atoms with Crippen LogP contribution in [0, 0.1) is 0 Å². The second-order valence-corrected chi connectivity index (χ2v) is 6.77. The first-order valence-electron chi connectivity index (χ1n) is 7.52. The largest absolute Gasteiger partial charge is 0.307 e. The predicted octanol–water partition coefficient (Wildman–Crippen LogP) is 3.37.